The molecule has 0 radical (unpaired) electrons. The number of hydrogen-bond donors (Lipinski definition) is 0. The number of rotatable bonds is 4. The summed E-state index contributed by atoms with van der Waals surface area (Å²) in [5.74, 6) is 0.823. The van der Waals surface area contributed by atoms with Crippen LogP contribution < -0.4 is 0 Å². The lowest BCUT2D eigenvalue weighted by atomic mass is 10.1. The number of fused-ring (bicyclic) bond motifs is 3. The Morgan fingerprint density at radius 3 is 2.15 bits per heavy atom. The topological polar surface area (TPSA) is 30.7 Å². The van der Waals surface area contributed by atoms with E-state index in [1.54, 1.807) is 0 Å². The predicted octanol–water partition coefficient (Wildman–Crippen LogP) is 6.03. The highest BCUT2D eigenvalue weighted by molar-refractivity contribution is 9.10. The summed E-state index contributed by atoms with van der Waals surface area (Å²) in [5.41, 5.74) is 7.49. The van der Waals surface area contributed by atoms with Crippen molar-refractivity contribution in [3.05, 3.63) is 100 Å². The van der Waals surface area contributed by atoms with Crippen molar-refractivity contribution in [1.82, 2.24) is 15.0 Å². The summed E-state index contributed by atoms with van der Waals surface area (Å²) in [6, 6.07) is 25.5. The zero-order chi connectivity index (χ0) is 18.2. The van der Waals surface area contributed by atoms with Gasteiger partial charge in [0, 0.05) is 10.2 Å². The summed E-state index contributed by atoms with van der Waals surface area (Å²) in [7, 11) is 0. The Kier molecular flexibility index (Phi) is 4.34. The van der Waals surface area contributed by atoms with Crippen LogP contribution in [-0.2, 0) is 5.75 Å². The lowest BCUT2D eigenvalue weighted by Gasteiger charge is -2.12. The van der Waals surface area contributed by atoms with Crippen LogP contribution in [0, 0.1) is 0 Å². The number of nitrogens with zero attached hydrogens (tertiary/aromatic N) is 3. The third-order valence-electron chi connectivity index (χ3n) is 4.81. The highest BCUT2D eigenvalue weighted by Crippen LogP contribution is 2.50. The average molecular weight is 434 g/mol. The van der Waals surface area contributed by atoms with Crippen molar-refractivity contribution in [3.8, 4) is 16.8 Å². The van der Waals surface area contributed by atoms with E-state index in [-0.39, 0.29) is 0 Å². The summed E-state index contributed by atoms with van der Waals surface area (Å²) in [6.45, 7) is 0. The van der Waals surface area contributed by atoms with E-state index >= 15 is 0 Å². The molecule has 0 aliphatic heterocycles. The zero-order valence-corrected chi connectivity index (χ0v) is 16.8. The second-order valence-corrected chi connectivity index (χ2v) is 8.51. The molecule has 1 aromatic heterocycles. The van der Waals surface area contributed by atoms with Gasteiger partial charge in [-0.2, -0.15) is 0 Å². The second kappa shape index (κ2) is 6.98. The van der Waals surface area contributed by atoms with E-state index in [9.17, 15) is 0 Å². The van der Waals surface area contributed by atoms with Crippen molar-refractivity contribution in [1.29, 1.82) is 0 Å². The van der Waals surface area contributed by atoms with Crippen LogP contribution in [0.25, 0.3) is 16.8 Å². The van der Waals surface area contributed by atoms with Gasteiger partial charge in [0.2, 0.25) is 0 Å². The van der Waals surface area contributed by atoms with Crippen molar-refractivity contribution in [2.24, 2.45) is 0 Å². The van der Waals surface area contributed by atoms with Crippen LogP contribution in [0.15, 0.2) is 83.5 Å². The van der Waals surface area contributed by atoms with E-state index < -0.39 is 0 Å². The quantitative estimate of drug-likeness (QED) is 0.393. The molecular weight excluding hydrogens is 418 g/mol. The lowest BCUT2D eigenvalue weighted by Crippen LogP contribution is -1.94. The molecule has 0 bridgehead atoms. The highest BCUT2D eigenvalue weighted by atomic mass is 79.9. The summed E-state index contributed by atoms with van der Waals surface area (Å²) >= 11 is 5.37. The molecule has 132 valence electrons. The van der Waals surface area contributed by atoms with Gasteiger partial charge in [0.25, 0.3) is 0 Å². The molecule has 0 spiro atoms. The Labute approximate surface area is 170 Å². The van der Waals surface area contributed by atoms with E-state index in [2.05, 4.69) is 74.8 Å². The largest absolute Gasteiger partial charge is 0.220 e. The van der Waals surface area contributed by atoms with Gasteiger partial charge >= 0.3 is 0 Å². The van der Waals surface area contributed by atoms with Crippen LogP contribution in [0.4, 0.5) is 0 Å². The molecule has 1 heterocycles. The molecule has 1 aliphatic rings. The standard InChI is InChI=1S/C22H16BrN3S/c23-15-9-11-17(12-10-15)26-13-16(24-25-26)14-27-22-20-7-3-1-5-18(20)19-6-2-4-8-21(19)22/h1-13,22H,14H2. The first-order valence-electron chi connectivity index (χ1n) is 8.76. The molecule has 5 heteroatoms. The molecule has 3 nitrogen and oxygen atoms in total. The van der Waals surface area contributed by atoms with E-state index in [4.69, 9.17) is 0 Å². The summed E-state index contributed by atoms with van der Waals surface area (Å²) in [4.78, 5) is 0. The molecule has 1 aliphatic carbocycles. The second-order valence-electron chi connectivity index (χ2n) is 6.50. The van der Waals surface area contributed by atoms with Gasteiger partial charge in [-0.15, -0.1) is 16.9 Å². The van der Waals surface area contributed by atoms with Crippen molar-refractivity contribution in [2.75, 3.05) is 0 Å². The third kappa shape index (κ3) is 3.11. The van der Waals surface area contributed by atoms with Crippen LogP contribution >= 0.6 is 27.7 Å². The molecule has 3 aromatic carbocycles. The fraction of sp³-hybridized carbons (Fsp3) is 0.0909. The summed E-state index contributed by atoms with van der Waals surface area (Å²) in [6.07, 6.45) is 2.02. The first kappa shape index (κ1) is 16.8. The zero-order valence-electron chi connectivity index (χ0n) is 14.4. The predicted molar refractivity (Wildman–Crippen MR) is 114 cm³/mol. The number of aromatic nitrogens is 3. The molecule has 0 amide bonds. The van der Waals surface area contributed by atoms with Crippen LogP contribution in [0.5, 0.6) is 0 Å². The first-order valence-corrected chi connectivity index (χ1v) is 10.6. The minimum Gasteiger partial charge on any atom is -0.220 e. The maximum atomic E-state index is 4.37. The Morgan fingerprint density at radius 2 is 1.48 bits per heavy atom. The van der Waals surface area contributed by atoms with Crippen LogP contribution in [0.2, 0.25) is 0 Å². The number of halogens is 1. The molecule has 5 rings (SSSR count). The minimum absolute atomic E-state index is 0.343. The Bertz CT molecular complexity index is 1060. The normalized spacial score (nSPS) is 12.8. The molecule has 0 fully saturated rings. The SMILES string of the molecule is Brc1ccc(-n2cc(CSC3c4ccccc4-c4ccccc43)nn2)cc1. The van der Waals surface area contributed by atoms with Gasteiger partial charge in [0.1, 0.15) is 0 Å². The van der Waals surface area contributed by atoms with Gasteiger partial charge in [0.05, 0.1) is 22.8 Å². The van der Waals surface area contributed by atoms with Crippen molar-refractivity contribution in [3.63, 3.8) is 0 Å². The number of thioether (sulfide) groups is 1. The Morgan fingerprint density at radius 1 is 0.852 bits per heavy atom. The fourth-order valence-corrected chi connectivity index (χ4v) is 5.05. The Hall–Kier alpha value is -2.37. The van der Waals surface area contributed by atoms with Gasteiger partial charge in [-0.25, -0.2) is 4.68 Å². The van der Waals surface area contributed by atoms with Gasteiger partial charge in [-0.05, 0) is 46.5 Å². The third-order valence-corrected chi connectivity index (χ3v) is 6.64. The minimum atomic E-state index is 0.343. The number of hydrogen-bond acceptors (Lipinski definition) is 3. The monoisotopic (exact) mass is 433 g/mol. The molecule has 0 saturated carbocycles. The molecule has 27 heavy (non-hydrogen) atoms. The molecule has 0 unspecified atom stereocenters. The van der Waals surface area contributed by atoms with E-state index in [1.165, 1.54) is 22.3 Å². The number of benzene rings is 3. The molecule has 0 N–H and O–H groups in total. The lowest BCUT2D eigenvalue weighted by molar-refractivity contribution is 0.800. The maximum absolute atomic E-state index is 4.37. The highest BCUT2D eigenvalue weighted by Gasteiger charge is 2.28. The average Bonchev–Trinajstić information content (AvgIpc) is 3.30. The molecule has 4 aromatic rings. The van der Waals surface area contributed by atoms with E-state index in [0.717, 1.165) is 21.6 Å². The summed E-state index contributed by atoms with van der Waals surface area (Å²) in [5, 5.41) is 9.00. The van der Waals surface area contributed by atoms with Gasteiger partial charge in [-0.1, -0.05) is 69.7 Å². The Balaban J connectivity index is 1.39. The van der Waals surface area contributed by atoms with Crippen molar-refractivity contribution in [2.45, 2.75) is 11.0 Å². The first-order chi connectivity index (χ1) is 13.3. The van der Waals surface area contributed by atoms with E-state index in [0.29, 0.717) is 5.25 Å². The van der Waals surface area contributed by atoms with E-state index in [1.807, 2.05) is 46.9 Å². The van der Waals surface area contributed by atoms with Crippen LogP contribution in [0.1, 0.15) is 22.1 Å². The van der Waals surface area contributed by atoms with Gasteiger partial charge in [0.15, 0.2) is 0 Å². The smallest absolute Gasteiger partial charge is 0.0930 e. The van der Waals surface area contributed by atoms with Crippen LogP contribution in [0.3, 0.4) is 0 Å². The fourth-order valence-electron chi connectivity index (χ4n) is 3.54. The van der Waals surface area contributed by atoms with Crippen molar-refractivity contribution >= 4 is 27.7 Å². The summed E-state index contributed by atoms with van der Waals surface area (Å²) < 4.78 is 2.89. The molecular formula is C22H16BrN3S. The maximum Gasteiger partial charge on any atom is 0.0930 e. The van der Waals surface area contributed by atoms with Gasteiger partial charge in [-0.3, -0.25) is 0 Å². The van der Waals surface area contributed by atoms with Crippen LogP contribution in [-0.4, -0.2) is 15.0 Å². The molecule has 0 atom stereocenters. The van der Waals surface area contributed by atoms with Crippen molar-refractivity contribution < 1.29 is 0 Å². The van der Waals surface area contributed by atoms with Gasteiger partial charge < -0.3 is 0 Å². The molecule has 0 saturated heterocycles.